The first-order valence-corrected chi connectivity index (χ1v) is 11.1. The van der Waals surface area contributed by atoms with Crippen LogP contribution in [-0.4, -0.2) is 31.7 Å². The third-order valence-electron chi connectivity index (χ3n) is 5.10. The number of hydrogen-bond donors (Lipinski definition) is 0. The number of carbonyl (C=O) groups excluding carboxylic acids is 1. The van der Waals surface area contributed by atoms with Crippen molar-refractivity contribution in [2.75, 3.05) is 0 Å². The van der Waals surface area contributed by atoms with Gasteiger partial charge < -0.3 is 4.65 Å². The standard InChI is InChI=1S/C20H18BF6NO4S/c1-11(2)17-18(29)32-21(28(17)33(30,31)16-6-4-12(3)5-7-16)15-9-13(19(22,23)24)8-14(10-15)20(25,26)27/h4-11,17H,1-3H3/t17-/m0/s1. The molecule has 0 aromatic heterocycles. The van der Waals surface area contributed by atoms with E-state index in [2.05, 4.69) is 0 Å². The van der Waals surface area contributed by atoms with Gasteiger partial charge in [0.2, 0.25) is 10.0 Å². The first-order chi connectivity index (χ1) is 15.0. The van der Waals surface area contributed by atoms with Crippen LogP contribution in [0.15, 0.2) is 47.4 Å². The van der Waals surface area contributed by atoms with Gasteiger partial charge in [-0.05, 0) is 36.5 Å². The molecular weight excluding hydrogens is 475 g/mol. The Balaban J connectivity index is 2.24. The van der Waals surface area contributed by atoms with E-state index in [1.165, 1.54) is 38.1 Å². The highest BCUT2D eigenvalue weighted by atomic mass is 32.2. The van der Waals surface area contributed by atoms with Crippen LogP contribution >= 0.6 is 0 Å². The summed E-state index contributed by atoms with van der Waals surface area (Å²) in [6.07, 6.45) is -10.3. The Kier molecular flexibility index (Phi) is 6.35. The van der Waals surface area contributed by atoms with Crippen molar-refractivity contribution < 1.29 is 44.2 Å². The fourth-order valence-electron chi connectivity index (χ4n) is 3.49. The number of carbonyl (C=O) groups is 1. The highest BCUT2D eigenvalue weighted by Crippen LogP contribution is 2.36. The molecule has 178 valence electrons. The Morgan fingerprint density at radius 3 is 1.85 bits per heavy atom. The maximum atomic E-state index is 13.4. The number of nitrogens with zero attached hydrogens (tertiary/aromatic N) is 1. The molecule has 2 aromatic rings. The van der Waals surface area contributed by atoms with Gasteiger partial charge in [0, 0.05) is 0 Å². The lowest BCUT2D eigenvalue weighted by molar-refractivity contribution is -0.143. The highest BCUT2D eigenvalue weighted by molar-refractivity contribution is 7.90. The minimum Gasteiger partial charge on any atom is -0.514 e. The number of halogens is 6. The van der Waals surface area contributed by atoms with E-state index in [0.717, 1.165) is 0 Å². The van der Waals surface area contributed by atoms with Crippen molar-refractivity contribution in [2.24, 2.45) is 5.92 Å². The summed E-state index contributed by atoms with van der Waals surface area (Å²) in [4.78, 5) is 12.2. The summed E-state index contributed by atoms with van der Waals surface area (Å²) < 4.78 is 112. The van der Waals surface area contributed by atoms with Crippen LogP contribution < -0.4 is 5.46 Å². The van der Waals surface area contributed by atoms with E-state index in [-0.39, 0.29) is 11.0 Å². The van der Waals surface area contributed by atoms with Gasteiger partial charge in [-0.1, -0.05) is 43.7 Å². The zero-order valence-electron chi connectivity index (χ0n) is 17.5. The molecule has 3 rings (SSSR count). The first-order valence-electron chi connectivity index (χ1n) is 9.63. The SMILES string of the molecule is Cc1ccc(S(=O)(=O)N2B(c3cc(C(F)(F)F)cc(C(F)(F)F)c3)OC(=O)[C@@H]2C(C)C)cc1. The molecule has 1 fully saturated rings. The number of alkyl halides is 6. The maximum Gasteiger partial charge on any atom is 0.502 e. The molecule has 0 N–H and O–H groups in total. The molecule has 1 saturated heterocycles. The minimum atomic E-state index is -5.16. The van der Waals surface area contributed by atoms with Crippen LogP contribution in [0.4, 0.5) is 26.3 Å². The maximum absolute atomic E-state index is 13.4. The van der Waals surface area contributed by atoms with E-state index < -0.39 is 63.9 Å². The van der Waals surface area contributed by atoms with Crippen molar-refractivity contribution in [3.63, 3.8) is 0 Å². The fraction of sp³-hybridized carbons (Fsp3) is 0.350. The number of benzene rings is 2. The third-order valence-corrected chi connectivity index (χ3v) is 6.94. The van der Waals surface area contributed by atoms with Crippen LogP contribution in [0, 0.1) is 12.8 Å². The van der Waals surface area contributed by atoms with E-state index in [4.69, 9.17) is 4.65 Å². The van der Waals surface area contributed by atoms with Crippen LogP contribution in [0.1, 0.15) is 30.5 Å². The lowest BCUT2D eigenvalue weighted by atomic mass is 9.72. The highest BCUT2D eigenvalue weighted by Gasteiger charge is 2.55. The van der Waals surface area contributed by atoms with Crippen LogP contribution in [0.25, 0.3) is 0 Å². The summed E-state index contributed by atoms with van der Waals surface area (Å²) in [6.45, 7) is 4.67. The predicted molar refractivity (Wildman–Crippen MR) is 107 cm³/mol. The van der Waals surface area contributed by atoms with Crippen molar-refractivity contribution in [3.05, 3.63) is 59.2 Å². The molecule has 0 radical (unpaired) electrons. The Labute approximate surface area is 186 Å². The molecule has 1 aliphatic heterocycles. The van der Waals surface area contributed by atoms with Gasteiger partial charge in [-0.15, -0.1) is 0 Å². The van der Waals surface area contributed by atoms with Crippen molar-refractivity contribution in [2.45, 2.75) is 44.1 Å². The van der Waals surface area contributed by atoms with Crippen molar-refractivity contribution >= 4 is 28.5 Å². The quantitative estimate of drug-likeness (QED) is 0.478. The van der Waals surface area contributed by atoms with Gasteiger partial charge in [0.25, 0.3) is 0 Å². The molecule has 1 atom stereocenters. The number of hydrogen-bond acceptors (Lipinski definition) is 4. The monoisotopic (exact) mass is 493 g/mol. The lowest BCUT2D eigenvalue weighted by Gasteiger charge is -2.26. The normalized spacial score (nSPS) is 18.2. The second-order valence-electron chi connectivity index (χ2n) is 7.97. The van der Waals surface area contributed by atoms with Gasteiger partial charge in [-0.2, -0.15) is 30.6 Å². The third kappa shape index (κ3) is 4.88. The Bertz CT molecular complexity index is 1130. The lowest BCUT2D eigenvalue weighted by Crippen LogP contribution is -2.53. The smallest absolute Gasteiger partial charge is 0.502 e. The van der Waals surface area contributed by atoms with Gasteiger partial charge >= 0.3 is 25.4 Å². The van der Waals surface area contributed by atoms with Gasteiger partial charge in [0.15, 0.2) is 0 Å². The summed E-state index contributed by atoms with van der Waals surface area (Å²) in [5.74, 6) is -1.76. The summed E-state index contributed by atoms with van der Waals surface area (Å²) in [5.41, 5.74) is -3.34. The van der Waals surface area contributed by atoms with E-state index in [1.54, 1.807) is 6.92 Å². The van der Waals surface area contributed by atoms with Crippen LogP contribution in [0.2, 0.25) is 0 Å². The van der Waals surface area contributed by atoms with E-state index >= 15 is 0 Å². The molecule has 0 saturated carbocycles. The first kappa shape index (κ1) is 25.1. The summed E-state index contributed by atoms with van der Waals surface area (Å²) in [7, 11) is -6.57. The summed E-state index contributed by atoms with van der Waals surface area (Å²) in [5, 5.41) is 0. The molecule has 5 nitrogen and oxygen atoms in total. The molecular formula is C20H18BF6NO4S. The molecule has 33 heavy (non-hydrogen) atoms. The van der Waals surface area contributed by atoms with Gasteiger partial charge in [0.1, 0.15) is 6.04 Å². The average Bonchev–Trinajstić information content (AvgIpc) is 3.05. The largest absolute Gasteiger partial charge is 0.514 e. The molecule has 0 bridgehead atoms. The summed E-state index contributed by atoms with van der Waals surface area (Å²) >= 11 is 0. The van der Waals surface area contributed by atoms with E-state index in [0.29, 0.717) is 21.9 Å². The second kappa shape index (κ2) is 8.35. The van der Waals surface area contributed by atoms with Gasteiger partial charge in [-0.25, -0.2) is 8.42 Å². The molecule has 13 heteroatoms. The Hall–Kier alpha value is -2.54. The number of sulfonamides is 1. The topological polar surface area (TPSA) is 63.7 Å². The molecule has 0 unspecified atom stereocenters. The zero-order valence-corrected chi connectivity index (χ0v) is 18.3. The summed E-state index contributed by atoms with van der Waals surface area (Å²) in [6, 6.07) is 4.57. The Morgan fingerprint density at radius 2 is 1.42 bits per heavy atom. The molecule has 2 aromatic carbocycles. The Morgan fingerprint density at radius 1 is 0.939 bits per heavy atom. The number of aryl methyl sites for hydroxylation is 1. The zero-order chi connectivity index (χ0) is 24.9. The van der Waals surface area contributed by atoms with Crippen molar-refractivity contribution in [1.29, 1.82) is 0 Å². The fourth-order valence-corrected chi connectivity index (χ4v) is 5.26. The van der Waals surface area contributed by atoms with Gasteiger partial charge in [-0.3, -0.25) is 4.79 Å². The molecule has 1 heterocycles. The predicted octanol–water partition coefficient (Wildman–Crippen LogP) is 4.00. The molecule has 0 spiro atoms. The van der Waals surface area contributed by atoms with E-state index in [9.17, 15) is 39.6 Å². The molecule has 0 aliphatic carbocycles. The number of rotatable bonds is 4. The van der Waals surface area contributed by atoms with Crippen LogP contribution in [-0.2, 0) is 31.8 Å². The van der Waals surface area contributed by atoms with E-state index in [1.807, 2.05) is 0 Å². The van der Waals surface area contributed by atoms with Gasteiger partial charge in [0.05, 0.1) is 16.0 Å². The van der Waals surface area contributed by atoms with Crippen molar-refractivity contribution in [3.8, 4) is 0 Å². The minimum absolute atomic E-state index is 0.0843. The molecule has 0 amide bonds. The van der Waals surface area contributed by atoms with Crippen LogP contribution in [0.3, 0.4) is 0 Å². The molecule has 1 aliphatic rings. The van der Waals surface area contributed by atoms with Crippen LogP contribution in [0.5, 0.6) is 0 Å². The second-order valence-corrected chi connectivity index (χ2v) is 9.81. The van der Waals surface area contributed by atoms with Crippen molar-refractivity contribution in [1.82, 2.24) is 4.22 Å². The average molecular weight is 493 g/mol.